The van der Waals surface area contributed by atoms with Crippen molar-refractivity contribution >= 4 is 11.8 Å². The van der Waals surface area contributed by atoms with Crippen LogP contribution in [-0.4, -0.2) is 62.5 Å². The zero-order valence-electron chi connectivity index (χ0n) is 16.6. The van der Waals surface area contributed by atoms with E-state index in [1.165, 1.54) is 0 Å². The third kappa shape index (κ3) is 16.1. The van der Waals surface area contributed by atoms with Crippen LogP contribution in [0.4, 0.5) is 0 Å². The Morgan fingerprint density at radius 1 is 1.04 bits per heavy atom. The van der Waals surface area contributed by atoms with Gasteiger partial charge in [0.05, 0.1) is 11.7 Å². The number of hydrogen-bond donors (Lipinski definition) is 2. The molecule has 0 aromatic rings. The van der Waals surface area contributed by atoms with Crippen molar-refractivity contribution in [2.24, 2.45) is 0 Å². The lowest BCUT2D eigenvalue weighted by atomic mass is 10.2. The summed E-state index contributed by atoms with van der Waals surface area (Å²) in [4.78, 5) is 23.1. The summed E-state index contributed by atoms with van der Waals surface area (Å²) in [5, 5.41) is 5.67. The number of rotatable bonds is 13. The molecule has 0 heterocycles. The van der Waals surface area contributed by atoms with Crippen molar-refractivity contribution in [3.63, 3.8) is 0 Å². The Bertz CT molecular complexity index is 382. The molecule has 0 aliphatic rings. The average molecular weight is 360 g/mol. The van der Waals surface area contributed by atoms with Crippen LogP contribution in [0, 0.1) is 0 Å². The topological polar surface area (TPSA) is 85.9 Å². The number of hydrogen-bond acceptors (Lipinski definition) is 5. The summed E-state index contributed by atoms with van der Waals surface area (Å²) in [5.74, 6) is -0.227. The van der Waals surface area contributed by atoms with Gasteiger partial charge in [-0.25, -0.2) is 0 Å². The summed E-state index contributed by atoms with van der Waals surface area (Å²) in [6.07, 6.45) is 1.50. The zero-order chi connectivity index (χ0) is 19.3. The molecule has 0 aromatic carbocycles. The molecule has 25 heavy (non-hydrogen) atoms. The third-order valence-electron chi connectivity index (χ3n) is 3.31. The highest BCUT2D eigenvalue weighted by Crippen LogP contribution is 2.05. The minimum atomic E-state index is -0.317. The highest BCUT2D eigenvalue weighted by molar-refractivity contribution is 5.77. The summed E-state index contributed by atoms with van der Waals surface area (Å²) >= 11 is 0. The van der Waals surface area contributed by atoms with Gasteiger partial charge < -0.3 is 24.8 Å². The van der Waals surface area contributed by atoms with E-state index in [9.17, 15) is 9.59 Å². The van der Waals surface area contributed by atoms with Crippen molar-refractivity contribution in [1.82, 2.24) is 10.6 Å². The maximum absolute atomic E-state index is 11.6. The van der Waals surface area contributed by atoms with Gasteiger partial charge in [-0.3, -0.25) is 9.59 Å². The highest BCUT2D eigenvalue weighted by atomic mass is 16.5. The molecule has 0 radical (unpaired) electrons. The van der Waals surface area contributed by atoms with Crippen LogP contribution in [0.3, 0.4) is 0 Å². The molecule has 148 valence electrons. The average Bonchev–Trinajstić information content (AvgIpc) is 2.50. The quantitative estimate of drug-likeness (QED) is 0.521. The Hall–Kier alpha value is -1.18. The SMILES string of the molecule is CCOCC(=O)NC(C)CCOC(C)CCNC(=O)COC(C)(C)C. The van der Waals surface area contributed by atoms with Crippen LogP contribution in [0.1, 0.15) is 54.4 Å². The lowest BCUT2D eigenvalue weighted by Crippen LogP contribution is -2.36. The number of carbonyl (C=O) groups excluding carboxylic acids is 2. The van der Waals surface area contributed by atoms with Crippen molar-refractivity contribution in [2.45, 2.75) is 72.1 Å². The first-order valence-corrected chi connectivity index (χ1v) is 9.03. The summed E-state index contributed by atoms with van der Waals surface area (Å²) in [6.45, 7) is 13.3. The summed E-state index contributed by atoms with van der Waals surface area (Å²) in [5.41, 5.74) is -0.317. The predicted molar refractivity (Wildman–Crippen MR) is 97.5 cm³/mol. The lowest BCUT2D eigenvalue weighted by molar-refractivity contribution is -0.130. The van der Waals surface area contributed by atoms with E-state index < -0.39 is 0 Å². The first-order chi connectivity index (χ1) is 11.6. The minimum absolute atomic E-state index is 0.0365. The largest absolute Gasteiger partial charge is 0.378 e. The molecule has 2 atom stereocenters. The molecule has 7 heteroatoms. The monoisotopic (exact) mass is 360 g/mol. The number of carbonyl (C=O) groups is 2. The molecule has 2 amide bonds. The van der Waals surface area contributed by atoms with E-state index in [-0.39, 0.29) is 42.8 Å². The van der Waals surface area contributed by atoms with E-state index >= 15 is 0 Å². The zero-order valence-corrected chi connectivity index (χ0v) is 16.6. The molecule has 2 unspecified atom stereocenters. The van der Waals surface area contributed by atoms with E-state index in [0.717, 1.165) is 12.8 Å². The van der Waals surface area contributed by atoms with Gasteiger partial charge in [0.1, 0.15) is 13.2 Å². The summed E-state index contributed by atoms with van der Waals surface area (Å²) in [7, 11) is 0. The molecule has 0 aromatic heterocycles. The van der Waals surface area contributed by atoms with E-state index in [2.05, 4.69) is 10.6 Å². The molecule has 0 bridgehead atoms. The van der Waals surface area contributed by atoms with E-state index in [0.29, 0.717) is 19.8 Å². The molecule has 7 nitrogen and oxygen atoms in total. The molecule has 0 aliphatic carbocycles. The van der Waals surface area contributed by atoms with E-state index in [1.807, 2.05) is 41.5 Å². The van der Waals surface area contributed by atoms with Gasteiger partial charge in [0.25, 0.3) is 0 Å². The third-order valence-corrected chi connectivity index (χ3v) is 3.31. The van der Waals surface area contributed by atoms with Gasteiger partial charge in [-0.15, -0.1) is 0 Å². The van der Waals surface area contributed by atoms with Crippen molar-refractivity contribution in [1.29, 1.82) is 0 Å². The fourth-order valence-electron chi connectivity index (χ4n) is 1.86. The Morgan fingerprint density at radius 3 is 2.32 bits per heavy atom. The Morgan fingerprint density at radius 2 is 1.72 bits per heavy atom. The molecular weight excluding hydrogens is 324 g/mol. The van der Waals surface area contributed by atoms with Gasteiger partial charge in [0.2, 0.25) is 11.8 Å². The highest BCUT2D eigenvalue weighted by Gasteiger charge is 2.13. The van der Waals surface area contributed by atoms with Crippen LogP contribution in [0.25, 0.3) is 0 Å². The fourth-order valence-corrected chi connectivity index (χ4v) is 1.86. The molecule has 0 fully saturated rings. The van der Waals surface area contributed by atoms with Crippen LogP contribution in [-0.2, 0) is 23.8 Å². The van der Waals surface area contributed by atoms with Crippen molar-refractivity contribution in [3.05, 3.63) is 0 Å². The second-order valence-electron chi connectivity index (χ2n) is 7.12. The number of ether oxygens (including phenoxy) is 3. The Balaban J connectivity index is 3.68. The van der Waals surface area contributed by atoms with Gasteiger partial charge in [-0.05, 0) is 54.4 Å². The van der Waals surface area contributed by atoms with Crippen molar-refractivity contribution < 1.29 is 23.8 Å². The van der Waals surface area contributed by atoms with Gasteiger partial charge in [0, 0.05) is 25.8 Å². The van der Waals surface area contributed by atoms with Crippen LogP contribution in [0.5, 0.6) is 0 Å². The van der Waals surface area contributed by atoms with Gasteiger partial charge >= 0.3 is 0 Å². The molecule has 0 rings (SSSR count). The molecule has 2 N–H and O–H groups in total. The van der Waals surface area contributed by atoms with Crippen LogP contribution < -0.4 is 10.6 Å². The van der Waals surface area contributed by atoms with Gasteiger partial charge in [-0.2, -0.15) is 0 Å². The Labute approximate surface area is 152 Å². The maximum Gasteiger partial charge on any atom is 0.246 e. The standard InChI is InChI=1S/C18H36N2O5/c1-7-23-12-17(22)20-14(2)9-11-24-15(3)8-10-19-16(21)13-25-18(4,5)6/h14-15H,7-13H2,1-6H3,(H,19,21)(H,20,22). The first kappa shape index (κ1) is 23.8. The van der Waals surface area contributed by atoms with Gasteiger partial charge in [0.15, 0.2) is 0 Å². The number of nitrogens with one attached hydrogen (secondary N) is 2. The Kier molecular flexibility index (Phi) is 12.5. The second-order valence-corrected chi connectivity index (χ2v) is 7.12. The van der Waals surface area contributed by atoms with Crippen molar-refractivity contribution in [2.75, 3.05) is 33.0 Å². The van der Waals surface area contributed by atoms with Gasteiger partial charge in [-0.1, -0.05) is 0 Å². The number of amides is 2. The molecule has 0 spiro atoms. The van der Waals surface area contributed by atoms with Crippen LogP contribution >= 0.6 is 0 Å². The van der Waals surface area contributed by atoms with Crippen LogP contribution in [0.2, 0.25) is 0 Å². The molecular formula is C18H36N2O5. The first-order valence-electron chi connectivity index (χ1n) is 9.03. The summed E-state index contributed by atoms with van der Waals surface area (Å²) < 4.78 is 16.2. The fraction of sp³-hybridized carbons (Fsp3) is 0.889. The van der Waals surface area contributed by atoms with Crippen LogP contribution in [0.15, 0.2) is 0 Å². The summed E-state index contributed by atoms with van der Waals surface area (Å²) in [6, 6.07) is 0.0365. The van der Waals surface area contributed by atoms with E-state index in [4.69, 9.17) is 14.2 Å². The molecule has 0 aliphatic heterocycles. The smallest absolute Gasteiger partial charge is 0.246 e. The maximum atomic E-state index is 11.6. The normalized spacial score (nSPS) is 14.0. The van der Waals surface area contributed by atoms with E-state index in [1.54, 1.807) is 0 Å². The lowest BCUT2D eigenvalue weighted by Gasteiger charge is -2.19. The van der Waals surface area contributed by atoms with Crippen molar-refractivity contribution in [3.8, 4) is 0 Å². The molecule has 0 saturated heterocycles. The predicted octanol–water partition coefficient (Wildman–Crippen LogP) is 1.64. The minimum Gasteiger partial charge on any atom is -0.378 e. The second kappa shape index (κ2) is 13.1. The molecule has 0 saturated carbocycles.